The molecule has 0 spiro atoms. The number of fused-ring (bicyclic) bond motifs is 3. The number of nitrogens with one attached hydrogen (secondary N) is 3. The van der Waals surface area contributed by atoms with E-state index in [-0.39, 0.29) is 29.4 Å². The topological polar surface area (TPSA) is 97.8 Å². The first-order valence-corrected chi connectivity index (χ1v) is 11.1. The van der Waals surface area contributed by atoms with Gasteiger partial charge in [-0.15, -0.1) is 0 Å². The highest BCUT2D eigenvalue weighted by molar-refractivity contribution is 5.94. The second-order valence-electron chi connectivity index (χ2n) is 8.35. The first kappa shape index (κ1) is 20.5. The minimum Gasteiger partial charge on any atom is -0.355 e. The summed E-state index contributed by atoms with van der Waals surface area (Å²) in [6, 6.07) is 4.92. The average molecular weight is 439 g/mol. The van der Waals surface area contributed by atoms with Crippen LogP contribution in [0.4, 0.5) is 27.5 Å². The summed E-state index contributed by atoms with van der Waals surface area (Å²) in [5, 5.41) is 9.77. The normalized spacial score (nSPS) is 21.8. The van der Waals surface area contributed by atoms with E-state index in [4.69, 9.17) is 4.98 Å². The van der Waals surface area contributed by atoms with Gasteiger partial charge in [0.2, 0.25) is 5.95 Å². The van der Waals surface area contributed by atoms with Crippen LogP contribution < -0.4 is 25.9 Å². The Bertz CT molecular complexity index is 1050. The zero-order chi connectivity index (χ0) is 22.2. The number of amides is 1. The lowest BCUT2D eigenvalue weighted by Gasteiger charge is -2.47. The predicted octanol–water partition coefficient (Wildman–Crippen LogP) is 2.94. The van der Waals surface area contributed by atoms with E-state index >= 15 is 0 Å². The average Bonchev–Trinajstić information content (AvgIpc) is 3.51. The maximum Gasteiger partial charge on any atom is 0.251 e. The highest BCUT2D eigenvalue weighted by Gasteiger charge is 2.44. The Kier molecular flexibility index (Phi) is 5.28. The van der Waals surface area contributed by atoms with Crippen molar-refractivity contribution in [2.45, 2.75) is 57.3 Å². The van der Waals surface area contributed by atoms with E-state index in [1.165, 1.54) is 32.0 Å². The third-order valence-electron chi connectivity index (χ3n) is 6.52. The summed E-state index contributed by atoms with van der Waals surface area (Å²) in [6.07, 6.45) is 9.22. The zero-order valence-electron chi connectivity index (χ0n) is 18.2. The molecule has 2 atom stereocenters. The highest BCUT2D eigenvalue weighted by atomic mass is 19.1. The number of halogens is 1. The van der Waals surface area contributed by atoms with E-state index in [1.54, 1.807) is 18.6 Å². The Labute approximate surface area is 186 Å². The van der Waals surface area contributed by atoms with Crippen LogP contribution in [0.2, 0.25) is 0 Å². The van der Waals surface area contributed by atoms with Crippen LogP contribution in [0.3, 0.4) is 0 Å². The molecule has 1 aliphatic carbocycles. The van der Waals surface area contributed by atoms with Crippen molar-refractivity contribution in [3.63, 3.8) is 0 Å². The fourth-order valence-electron chi connectivity index (χ4n) is 4.97. The Hall–Kier alpha value is -3.43. The first-order valence-electron chi connectivity index (χ1n) is 11.1. The van der Waals surface area contributed by atoms with Crippen molar-refractivity contribution < 1.29 is 9.18 Å². The number of benzene rings is 1. The molecule has 9 nitrogen and oxygen atoms in total. The lowest BCUT2D eigenvalue weighted by Crippen LogP contribution is -2.60. The standard InChI is InChI=1S/C22H27FN8O/c1-3-17-20-29-26-12-30(20)18-11-25-22(28-19(18)31(17)14-6-4-5-7-14)27-16-9-8-13(10-15(16)23)21(32)24-2/h8-12,14,17,20,29H,3-7H2,1-2H3,(H,24,32)(H,25,27,28)/t17-,20?/m1/s1. The number of carbonyl (C=O) groups excluding carboxylic acids is 1. The van der Waals surface area contributed by atoms with Crippen LogP contribution in [0.5, 0.6) is 0 Å². The number of aromatic nitrogens is 2. The van der Waals surface area contributed by atoms with Crippen molar-refractivity contribution in [2.75, 3.05) is 22.2 Å². The highest BCUT2D eigenvalue weighted by Crippen LogP contribution is 2.42. The molecule has 10 heteroatoms. The molecule has 2 aromatic rings. The third kappa shape index (κ3) is 3.39. The van der Waals surface area contributed by atoms with Gasteiger partial charge in [0.25, 0.3) is 5.91 Å². The second-order valence-corrected chi connectivity index (χ2v) is 8.35. The van der Waals surface area contributed by atoms with Crippen LogP contribution in [-0.2, 0) is 0 Å². The Morgan fingerprint density at radius 3 is 2.84 bits per heavy atom. The van der Waals surface area contributed by atoms with Crippen LogP contribution in [0.25, 0.3) is 0 Å². The molecule has 0 bridgehead atoms. The number of hydrazone groups is 1. The Morgan fingerprint density at radius 1 is 1.31 bits per heavy atom. The number of carbonyl (C=O) groups is 1. The van der Waals surface area contributed by atoms with Gasteiger partial charge in [0.05, 0.1) is 17.9 Å². The van der Waals surface area contributed by atoms with Crippen LogP contribution in [0.15, 0.2) is 29.5 Å². The number of hydrogen-bond acceptors (Lipinski definition) is 8. The molecule has 3 N–H and O–H groups in total. The summed E-state index contributed by atoms with van der Waals surface area (Å²) < 4.78 is 14.6. The molecule has 168 valence electrons. The molecule has 1 fully saturated rings. The maximum absolute atomic E-state index is 14.6. The van der Waals surface area contributed by atoms with Crippen molar-refractivity contribution in [1.82, 2.24) is 20.7 Å². The zero-order valence-corrected chi connectivity index (χ0v) is 18.2. The molecule has 0 saturated heterocycles. The number of anilines is 4. The van der Waals surface area contributed by atoms with Crippen LogP contribution in [0.1, 0.15) is 49.4 Å². The molecule has 2 aliphatic heterocycles. The Morgan fingerprint density at radius 2 is 2.12 bits per heavy atom. The molecule has 3 heterocycles. The van der Waals surface area contributed by atoms with Crippen LogP contribution in [-0.4, -0.2) is 47.5 Å². The minimum absolute atomic E-state index is 0.0465. The number of rotatable bonds is 5. The van der Waals surface area contributed by atoms with Crippen molar-refractivity contribution in [3.8, 4) is 0 Å². The van der Waals surface area contributed by atoms with Gasteiger partial charge in [-0.2, -0.15) is 10.1 Å². The van der Waals surface area contributed by atoms with Gasteiger partial charge in [-0.05, 0) is 37.5 Å². The SMILES string of the molecule is CC[C@@H]1C2NN=CN2c2cnc(Nc3ccc(C(=O)NC)cc3F)nc2N1C1CCCC1. The number of nitrogens with zero attached hydrogens (tertiary/aromatic N) is 5. The van der Waals surface area contributed by atoms with Crippen molar-refractivity contribution in [2.24, 2.45) is 5.10 Å². The van der Waals surface area contributed by atoms with Crippen LogP contribution in [0, 0.1) is 5.82 Å². The molecule has 0 radical (unpaired) electrons. The predicted molar refractivity (Wildman–Crippen MR) is 122 cm³/mol. The molecule has 1 unspecified atom stereocenters. The van der Waals surface area contributed by atoms with Gasteiger partial charge < -0.3 is 20.4 Å². The lowest BCUT2D eigenvalue weighted by molar-refractivity contribution is 0.0962. The molecule has 3 aliphatic rings. The van der Waals surface area contributed by atoms with Crippen LogP contribution >= 0.6 is 0 Å². The summed E-state index contributed by atoms with van der Waals surface area (Å²) in [7, 11) is 1.51. The van der Waals surface area contributed by atoms with E-state index < -0.39 is 5.82 Å². The van der Waals surface area contributed by atoms with Gasteiger partial charge in [0.15, 0.2) is 5.82 Å². The fraction of sp³-hybridized carbons (Fsp3) is 0.455. The molecule has 1 aromatic heterocycles. The molecule has 32 heavy (non-hydrogen) atoms. The van der Waals surface area contributed by atoms with E-state index in [0.717, 1.165) is 30.8 Å². The molecule has 1 saturated carbocycles. The van der Waals surface area contributed by atoms with Crippen molar-refractivity contribution in [3.05, 3.63) is 35.8 Å². The van der Waals surface area contributed by atoms with E-state index in [2.05, 4.69) is 42.9 Å². The largest absolute Gasteiger partial charge is 0.355 e. The Balaban J connectivity index is 1.50. The first-order chi connectivity index (χ1) is 15.6. The molecule has 1 aromatic carbocycles. The monoisotopic (exact) mass is 438 g/mol. The van der Waals surface area contributed by atoms with Gasteiger partial charge in [0, 0.05) is 18.7 Å². The minimum atomic E-state index is -0.539. The third-order valence-corrected chi connectivity index (χ3v) is 6.52. The van der Waals surface area contributed by atoms with Crippen molar-refractivity contribution in [1.29, 1.82) is 0 Å². The summed E-state index contributed by atoms with van der Waals surface area (Å²) in [6.45, 7) is 2.18. The second kappa shape index (κ2) is 8.25. The molecular formula is C22H27FN8O. The lowest BCUT2D eigenvalue weighted by atomic mass is 10.0. The summed E-state index contributed by atoms with van der Waals surface area (Å²) in [5.74, 6) is 0.280. The van der Waals surface area contributed by atoms with E-state index in [1.807, 2.05) is 0 Å². The summed E-state index contributed by atoms with van der Waals surface area (Å²) in [5.41, 5.74) is 4.60. The van der Waals surface area contributed by atoms with E-state index in [9.17, 15) is 9.18 Å². The molecular weight excluding hydrogens is 411 g/mol. The van der Waals surface area contributed by atoms with Crippen molar-refractivity contribution >= 4 is 35.4 Å². The van der Waals surface area contributed by atoms with Gasteiger partial charge >= 0.3 is 0 Å². The van der Waals surface area contributed by atoms with Gasteiger partial charge in [-0.25, -0.2) is 9.37 Å². The van der Waals surface area contributed by atoms with Gasteiger partial charge in [-0.1, -0.05) is 19.8 Å². The van der Waals surface area contributed by atoms with Gasteiger partial charge in [-0.3, -0.25) is 10.2 Å². The maximum atomic E-state index is 14.6. The fourth-order valence-corrected chi connectivity index (χ4v) is 4.97. The number of hydrogen-bond donors (Lipinski definition) is 3. The summed E-state index contributed by atoms with van der Waals surface area (Å²) >= 11 is 0. The summed E-state index contributed by atoms with van der Waals surface area (Å²) in [4.78, 5) is 25.5. The molecule has 5 rings (SSSR count). The van der Waals surface area contributed by atoms with Gasteiger partial charge in [0.1, 0.15) is 24.0 Å². The quantitative estimate of drug-likeness (QED) is 0.660. The van der Waals surface area contributed by atoms with E-state index in [0.29, 0.717) is 12.0 Å². The smallest absolute Gasteiger partial charge is 0.251 e. The molecule has 1 amide bonds.